The van der Waals surface area contributed by atoms with Crippen LogP contribution in [-0.2, 0) is 0 Å². The maximum atomic E-state index is 13.3. The fraction of sp³-hybridized carbons (Fsp3) is 0.265. The molecule has 7 rings (SSSR count). The summed E-state index contributed by atoms with van der Waals surface area (Å²) < 4.78 is 0. The van der Waals surface area contributed by atoms with Gasteiger partial charge in [-0.3, -0.25) is 4.79 Å². The van der Waals surface area contributed by atoms with Gasteiger partial charge in [0.25, 0.3) is 5.91 Å². The van der Waals surface area contributed by atoms with Crippen LogP contribution in [0.2, 0.25) is 5.02 Å². The monoisotopic (exact) mass is 561 g/mol. The quantitative estimate of drug-likeness (QED) is 0.247. The summed E-state index contributed by atoms with van der Waals surface area (Å²) in [5.74, 6) is 0.898. The molecule has 2 aliphatic rings. The third kappa shape index (κ3) is 5.08. The Balaban J connectivity index is 1.11. The summed E-state index contributed by atoms with van der Waals surface area (Å²) >= 11 is 6.21. The van der Waals surface area contributed by atoms with E-state index >= 15 is 0 Å². The van der Waals surface area contributed by atoms with Gasteiger partial charge in [0.2, 0.25) is 5.95 Å². The van der Waals surface area contributed by atoms with E-state index in [1.807, 2.05) is 84.0 Å². The van der Waals surface area contributed by atoms with Crippen LogP contribution in [-0.4, -0.2) is 51.9 Å². The normalized spacial score (nSPS) is 16.8. The zero-order chi connectivity index (χ0) is 27.8. The largest absolute Gasteiger partial charge is 0.361 e. The predicted octanol–water partition coefficient (Wildman–Crippen LogP) is 7.47. The van der Waals surface area contributed by atoms with Crippen LogP contribution in [0.3, 0.4) is 0 Å². The molecular formula is C34H32ClN5O. The third-order valence-corrected chi connectivity index (χ3v) is 9.09. The fourth-order valence-corrected chi connectivity index (χ4v) is 6.65. The zero-order valence-corrected chi connectivity index (χ0v) is 23.6. The van der Waals surface area contributed by atoms with Gasteiger partial charge in [0.05, 0.1) is 5.69 Å². The second-order valence-electron chi connectivity index (χ2n) is 11.4. The van der Waals surface area contributed by atoms with Crippen molar-refractivity contribution in [3.63, 3.8) is 0 Å². The van der Waals surface area contributed by atoms with Crippen molar-refractivity contribution in [2.45, 2.75) is 25.7 Å². The van der Waals surface area contributed by atoms with Crippen molar-refractivity contribution in [3.8, 4) is 22.4 Å². The number of aromatic amines is 1. The standard InChI is InChI=1S/C34H32ClN5O/c35-28-10-7-25(8-11-28)31-29(24-5-2-1-3-6-24)22-37-33(38-31)40-18-4-14-34(23-40)15-19-39(20-16-34)32(41)27-9-12-30-26(21-27)13-17-36-30/h1-3,5-13,17,21-22,36H,4,14-16,18-20,23H2. The Morgan fingerprint density at radius 1 is 0.878 bits per heavy atom. The molecule has 7 heteroatoms. The average molecular weight is 562 g/mol. The maximum Gasteiger partial charge on any atom is 0.253 e. The summed E-state index contributed by atoms with van der Waals surface area (Å²) in [6, 6.07) is 26.1. The van der Waals surface area contributed by atoms with Crippen LogP contribution < -0.4 is 4.90 Å². The number of rotatable bonds is 4. The molecule has 4 heterocycles. The van der Waals surface area contributed by atoms with Crippen molar-refractivity contribution >= 4 is 34.4 Å². The van der Waals surface area contributed by atoms with Crippen molar-refractivity contribution in [1.82, 2.24) is 19.9 Å². The summed E-state index contributed by atoms with van der Waals surface area (Å²) in [5, 5.41) is 1.78. The van der Waals surface area contributed by atoms with E-state index < -0.39 is 0 Å². The molecule has 0 atom stereocenters. The summed E-state index contributed by atoms with van der Waals surface area (Å²) in [7, 11) is 0. The van der Waals surface area contributed by atoms with E-state index in [2.05, 4.69) is 22.0 Å². The second-order valence-corrected chi connectivity index (χ2v) is 11.8. The van der Waals surface area contributed by atoms with Gasteiger partial charge in [-0.1, -0.05) is 54.1 Å². The summed E-state index contributed by atoms with van der Waals surface area (Å²) in [6.07, 6.45) is 8.13. The topological polar surface area (TPSA) is 65.1 Å². The molecular weight excluding hydrogens is 530 g/mol. The number of hydrogen-bond donors (Lipinski definition) is 1. The zero-order valence-electron chi connectivity index (χ0n) is 22.9. The number of fused-ring (bicyclic) bond motifs is 1. The molecule has 1 N–H and O–H groups in total. The number of nitrogens with one attached hydrogen (secondary N) is 1. The Bertz CT molecular complexity index is 1690. The van der Waals surface area contributed by atoms with E-state index in [-0.39, 0.29) is 11.3 Å². The Hall–Kier alpha value is -4.16. The molecule has 41 heavy (non-hydrogen) atoms. The second kappa shape index (κ2) is 10.7. The van der Waals surface area contributed by atoms with Gasteiger partial charge < -0.3 is 14.8 Å². The van der Waals surface area contributed by atoms with Gasteiger partial charge in [-0.15, -0.1) is 0 Å². The number of benzene rings is 3. The molecule has 1 amide bonds. The first-order valence-electron chi connectivity index (χ1n) is 14.4. The highest BCUT2D eigenvalue weighted by atomic mass is 35.5. The smallest absolute Gasteiger partial charge is 0.253 e. The highest BCUT2D eigenvalue weighted by molar-refractivity contribution is 6.30. The Morgan fingerprint density at radius 3 is 2.49 bits per heavy atom. The Labute approximate surface area is 245 Å². The van der Waals surface area contributed by atoms with Gasteiger partial charge in [0.1, 0.15) is 0 Å². The molecule has 5 aromatic rings. The van der Waals surface area contributed by atoms with Crippen LogP contribution in [0.4, 0.5) is 5.95 Å². The summed E-state index contributed by atoms with van der Waals surface area (Å²) in [4.78, 5) is 31.0. The fourth-order valence-electron chi connectivity index (χ4n) is 6.52. The molecule has 6 nitrogen and oxygen atoms in total. The van der Waals surface area contributed by atoms with Gasteiger partial charge in [-0.05, 0) is 73.1 Å². The number of amides is 1. The molecule has 2 saturated heterocycles. The number of carbonyl (C=O) groups excluding carboxylic acids is 1. The number of likely N-dealkylation sites (tertiary alicyclic amines) is 1. The molecule has 206 valence electrons. The molecule has 0 radical (unpaired) electrons. The lowest BCUT2D eigenvalue weighted by molar-refractivity contribution is 0.0540. The molecule has 2 aromatic heterocycles. The number of H-pyrrole nitrogens is 1. The van der Waals surface area contributed by atoms with E-state index in [1.54, 1.807) is 0 Å². The van der Waals surface area contributed by atoms with Gasteiger partial charge in [0.15, 0.2) is 0 Å². The summed E-state index contributed by atoms with van der Waals surface area (Å²) in [6.45, 7) is 3.41. The van der Waals surface area contributed by atoms with Crippen LogP contribution in [0.5, 0.6) is 0 Å². The molecule has 0 bridgehead atoms. The Kier molecular flexibility index (Phi) is 6.71. The molecule has 3 aromatic carbocycles. The van der Waals surface area contributed by atoms with Gasteiger partial charge in [-0.25, -0.2) is 9.97 Å². The number of nitrogens with zero attached hydrogens (tertiary/aromatic N) is 4. The van der Waals surface area contributed by atoms with Gasteiger partial charge in [-0.2, -0.15) is 0 Å². The van der Waals surface area contributed by atoms with E-state index in [9.17, 15) is 4.79 Å². The van der Waals surface area contributed by atoms with Crippen molar-refractivity contribution < 1.29 is 4.79 Å². The van der Waals surface area contributed by atoms with Crippen LogP contribution in [0.25, 0.3) is 33.3 Å². The van der Waals surface area contributed by atoms with Crippen molar-refractivity contribution in [2.75, 3.05) is 31.1 Å². The van der Waals surface area contributed by atoms with Crippen molar-refractivity contribution in [3.05, 3.63) is 102 Å². The Morgan fingerprint density at radius 2 is 1.68 bits per heavy atom. The van der Waals surface area contributed by atoms with Crippen LogP contribution in [0, 0.1) is 5.41 Å². The minimum Gasteiger partial charge on any atom is -0.361 e. The molecule has 1 spiro atoms. The highest BCUT2D eigenvalue weighted by Crippen LogP contribution is 2.41. The molecule has 0 aliphatic carbocycles. The first kappa shape index (κ1) is 25.8. The number of halogens is 1. The van der Waals surface area contributed by atoms with Crippen molar-refractivity contribution in [1.29, 1.82) is 0 Å². The third-order valence-electron chi connectivity index (χ3n) is 8.83. The number of aromatic nitrogens is 3. The van der Waals surface area contributed by atoms with E-state index in [0.717, 1.165) is 90.2 Å². The number of piperidine rings is 2. The number of anilines is 1. The van der Waals surface area contributed by atoms with Gasteiger partial charge >= 0.3 is 0 Å². The maximum absolute atomic E-state index is 13.3. The van der Waals surface area contributed by atoms with E-state index in [4.69, 9.17) is 21.6 Å². The van der Waals surface area contributed by atoms with E-state index in [0.29, 0.717) is 5.02 Å². The lowest BCUT2D eigenvalue weighted by Crippen LogP contribution is -2.51. The lowest BCUT2D eigenvalue weighted by Gasteiger charge is -2.47. The lowest BCUT2D eigenvalue weighted by atomic mass is 9.72. The first-order chi connectivity index (χ1) is 20.1. The van der Waals surface area contributed by atoms with Crippen molar-refractivity contribution in [2.24, 2.45) is 5.41 Å². The van der Waals surface area contributed by atoms with Crippen LogP contribution >= 0.6 is 11.6 Å². The minimum atomic E-state index is 0.128. The highest BCUT2D eigenvalue weighted by Gasteiger charge is 2.40. The molecule has 2 fully saturated rings. The average Bonchev–Trinajstić information content (AvgIpc) is 3.50. The predicted molar refractivity (Wildman–Crippen MR) is 165 cm³/mol. The molecule has 0 unspecified atom stereocenters. The molecule has 2 aliphatic heterocycles. The molecule has 0 saturated carbocycles. The van der Waals surface area contributed by atoms with E-state index in [1.165, 1.54) is 6.42 Å². The SMILES string of the molecule is O=C(c1ccc2[nH]ccc2c1)N1CCC2(CCCN(c3ncc(-c4ccccc4)c(-c4ccc(Cl)cc4)n3)C2)CC1. The first-order valence-corrected chi connectivity index (χ1v) is 14.7. The van der Waals surface area contributed by atoms with Gasteiger partial charge in [0, 0.05) is 71.2 Å². The minimum absolute atomic E-state index is 0.128. The van der Waals surface area contributed by atoms with Crippen LogP contribution in [0.1, 0.15) is 36.0 Å². The number of hydrogen-bond acceptors (Lipinski definition) is 4. The van der Waals surface area contributed by atoms with Crippen LogP contribution in [0.15, 0.2) is 91.3 Å². The summed E-state index contributed by atoms with van der Waals surface area (Å²) in [5.41, 5.74) is 6.02. The number of carbonyl (C=O) groups is 1.